The number of hydrogen-bond acceptors (Lipinski definition) is 4. The molecule has 1 unspecified atom stereocenters. The first kappa shape index (κ1) is 19.0. The maximum absolute atomic E-state index is 12.5. The highest BCUT2D eigenvalue weighted by atomic mass is 35.5. The summed E-state index contributed by atoms with van der Waals surface area (Å²) >= 11 is 5.84. The smallest absolute Gasteiger partial charge is 0.338 e. The van der Waals surface area contributed by atoms with Gasteiger partial charge >= 0.3 is 5.97 Å². The van der Waals surface area contributed by atoms with Crippen LogP contribution in [0.2, 0.25) is 5.02 Å². The van der Waals surface area contributed by atoms with Crippen molar-refractivity contribution in [2.45, 2.75) is 39.2 Å². The predicted molar refractivity (Wildman–Crippen MR) is 100 cm³/mol. The van der Waals surface area contributed by atoms with Gasteiger partial charge in [-0.2, -0.15) is 0 Å². The summed E-state index contributed by atoms with van der Waals surface area (Å²) in [6, 6.07) is 11.8. The van der Waals surface area contributed by atoms with Crippen molar-refractivity contribution in [2.75, 3.05) is 5.73 Å². The first-order chi connectivity index (χ1) is 11.6. The Morgan fingerprint density at radius 1 is 1.04 bits per heavy atom. The van der Waals surface area contributed by atoms with Crippen molar-refractivity contribution in [3.63, 3.8) is 0 Å². The molecule has 1 atom stereocenters. The molecular formula is C20H22ClNO3. The molecule has 0 saturated carbocycles. The van der Waals surface area contributed by atoms with Gasteiger partial charge in [-0.25, -0.2) is 4.79 Å². The van der Waals surface area contributed by atoms with Crippen molar-refractivity contribution >= 4 is 29.0 Å². The van der Waals surface area contributed by atoms with Crippen molar-refractivity contribution in [3.8, 4) is 0 Å². The summed E-state index contributed by atoms with van der Waals surface area (Å²) in [5.74, 6) is -0.869. The van der Waals surface area contributed by atoms with Crippen LogP contribution in [0, 0.1) is 0 Å². The number of Topliss-reactive ketones (excluding diaryl/α,β-unsaturated/α-hetero) is 1. The molecule has 0 fully saturated rings. The lowest BCUT2D eigenvalue weighted by molar-refractivity contribution is 0.0319. The van der Waals surface area contributed by atoms with Gasteiger partial charge in [-0.05, 0) is 36.1 Å². The van der Waals surface area contributed by atoms with Gasteiger partial charge in [0.15, 0.2) is 6.10 Å². The van der Waals surface area contributed by atoms with Gasteiger partial charge in [0.2, 0.25) is 5.78 Å². The Balaban J connectivity index is 2.09. The van der Waals surface area contributed by atoms with E-state index in [1.807, 2.05) is 12.1 Å². The molecule has 0 aliphatic rings. The van der Waals surface area contributed by atoms with E-state index < -0.39 is 12.1 Å². The molecule has 2 aromatic carbocycles. The molecule has 2 rings (SSSR count). The highest BCUT2D eigenvalue weighted by Gasteiger charge is 2.21. The molecule has 0 amide bonds. The maximum atomic E-state index is 12.5. The van der Waals surface area contributed by atoms with E-state index in [9.17, 15) is 9.59 Å². The van der Waals surface area contributed by atoms with Gasteiger partial charge in [-0.3, -0.25) is 4.79 Å². The Morgan fingerprint density at radius 2 is 1.60 bits per heavy atom. The third-order valence-electron chi connectivity index (χ3n) is 3.92. The van der Waals surface area contributed by atoms with Crippen LogP contribution in [0.4, 0.5) is 5.69 Å². The minimum Gasteiger partial charge on any atom is -0.451 e. The third kappa shape index (κ3) is 4.60. The number of nitrogen functional groups attached to an aromatic ring is 1. The molecule has 0 aromatic heterocycles. The van der Waals surface area contributed by atoms with Crippen LogP contribution in [0.15, 0.2) is 42.5 Å². The van der Waals surface area contributed by atoms with Gasteiger partial charge in [0.25, 0.3) is 0 Å². The van der Waals surface area contributed by atoms with Gasteiger partial charge in [0, 0.05) is 5.56 Å². The van der Waals surface area contributed by atoms with Crippen LogP contribution in [-0.2, 0) is 10.2 Å². The summed E-state index contributed by atoms with van der Waals surface area (Å²) in [6.07, 6.45) is -0.898. The van der Waals surface area contributed by atoms with E-state index >= 15 is 0 Å². The molecule has 0 aliphatic heterocycles. The quantitative estimate of drug-likeness (QED) is 0.490. The minimum atomic E-state index is -0.898. The number of ether oxygens (including phenoxy) is 1. The molecule has 4 nitrogen and oxygen atoms in total. The topological polar surface area (TPSA) is 69.4 Å². The third-order valence-corrected chi connectivity index (χ3v) is 4.26. The van der Waals surface area contributed by atoms with Gasteiger partial charge in [0.05, 0.1) is 16.3 Å². The standard InChI is InChI=1S/C20H22ClNO3/c1-12(25-19(24)14-7-10-16(21)17(22)11-14)18(23)13-5-8-15(9-6-13)20(2,3)4/h5-12H,22H2,1-4H3. The van der Waals surface area contributed by atoms with Gasteiger partial charge in [-0.15, -0.1) is 0 Å². The molecule has 0 bridgehead atoms. The first-order valence-corrected chi connectivity index (χ1v) is 8.38. The molecule has 0 aliphatic carbocycles. The fourth-order valence-electron chi connectivity index (χ4n) is 2.32. The largest absolute Gasteiger partial charge is 0.451 e. The van der Waals surface area contributed by atoms with Crippen molar-refractivity contribution < 1.29 is 14.3 Å². The fraction of sp³-hybridized carbons (Fsp3) is 0.300. The Bertz CT molecular complexity index is 792. The predicted octanol–water partition coefficient (Wildman–Crippen LogP) is 4.65. The lowest BCUT2D eigenvalue weighted by Crippen LogP contribution is -2.24. The van der Waals surface area contributed by atoms with Crippen molar-refractivity contribution in [2.24, 2.45) is 0 Å². The summed E-state index contributed by atoms with van der Waals surface area (Å²) in [6.45, 7) is 7.86. The summed E-state index contributed by atoms with van der Waals surface area (Å²) in [5, 5.41) is 0.361. The molecule has 0 saturated heterocycles. The molecule has 0 spiro atoms. The minimum absolute atomic E-state index is 0.00811. The van der Waals surface area contributed by atoms with E-state index in [4.69, 9.17) is 22.1 Å². The van der Waals surface area contributed by atoms with Crippen LogP contribution in [0.5, 0.6) is 0 Å². The van der Waals surface area contributed by atoms with Crippen LogP contribution >= 0.6 is 11.6 Å². The lowest BCUT2D eigenvalue weighted by Gasteiger charge is -2.19. The zero-order valence-electron chi connectivity index (χ0n) is 14.8. The number of carbonyl (C=O) groups excluding carboxylic acids is 2. The van der Waals surface area contributed by atoms with E-state index in [-0.39, 0.29) is 22.4 Å². The number of rotatable bonds is 4. The molecular weight excluding hydrogens is 338 g/mol. The van der Waals surface area contributed by atoms with Gasteiger partial charge in [0.1, 0.15) is 0 Å². The second-order valence-corrected chi connectivity index (χ2v) is 7.38. The molecule has 132 valence electrons. The van der Waals surface area contributed by atoms with Crippen LogP contribution in [0.1, 0.15) is 54.0 Å². The van der Waals surface area contributed by atoms with E-state index in [1.165, 1.54) is 18.2 Å². The molecule has 2 N–H and O–H groups in total. The summed E-state index contributed by atoms with van der Waals surface area (Å²) < 4.78 is 5.26. The number of anilines is 1. The Labute approximate surface area is 152 Å². The molecule has 25 heavy (non-hydrogen) atoms. The number of esters is 1. The lowest BCUT2D eigenvalue weighted by atomic mass is 9.86. The Morgan fingerprint density at radius 3 is 2.12 bits per heavy atom. The Kier molecular flexibility index (Phi) is 5.53. The molecule has 0 heterocycles. The highest BCUT2D eigenvalue weighted by Crippen LogP contribution is 2.23. The summed E-state index contributed by atoms with van der Waals surface area (Å²) in [7, 11) is 0. The number of hydrogen-bond donors (Lipinski definition) is 1. The number of halogens is 1. The van der Waals surface area contributed by atoms with Gasteiger partial charge in [-0.1, -0.05) is 56.6 Å². The second kappa shape index (κ2) is 7.28. The second-order valence-electron chi connectivity index (χ2n) is 6.98. The van der Waals surface area contributed by atoms with Crippen LogP contribution in [0.25, 0.3) is 0 Å². The van der Waals surface area contributed by atoms with E-state index in [1.54, 1.807) is 19.1 Å². The van der Waals surface area contributed by atoms with E-state index in [0.29, 0.717) is 10.6 Å². The van der Waals surface area contributed by atoms with Crippen molar-refractivity contribution in [3.05, 3.63) is 64.2 Å². The molecule has 0 radical (unpaired) electrons. The maximum Gasteiger partial charge on any atom is 0.338 e. The number of ketones is 1. The SMILES string of the molecule is CC(OC(=O)c1ccc(Cl)c(N)c1)C(=O)c1ccc(C(C)(C)C)cc1. The molecule has 2 aromatic rings. The van der Waals surface area contributed by atoms with Crippen molar-refractivity contribution in [1.29, 1.82) is 0 Å². The number of nitrogens with two attached hydrogens (primary N) is 1. The molecule has 5 heteroatoms. The fourth-order valence-corrected chi connectivity index (χ4v) is 2.44. The summed E-state index contributed by atoms with van der Waals surface area (Å²) in [4.78, 5) is 24.6. The zero-order chi connectivity index (χ0) is 18.8. The van der Waals surface area contributed by atoms with Crippen molar-refractivity contribution in [1.82, 2.24) is 0 Å². The number of benzene rings is 2. The Hall–Kier alpha value is -2.33. The van der Waals surface area contributed by atoms with Gasteiger partial charge < -0.3 is 10.5 Å². The zero-order valence-corrected chi connectivity index (χ0v) is 15.6. The average molecular weight is 360 g/mol. The van der Waals surface area contributed by atoms with Crippen LogP contribution in [0.3, 0.4) is 0 Å². The monoisotopic (exact) mass is 359 g/mol. The average Bonchev–Trinajstić information content (AvgIpc) is 2.55. The van der Waals surface area contributed by atoms with Crippen LogP contribution < -0.4 is 5.73 Å². The van der Waals surface area contributed by atoms with Crippen LogP contribution in [-0.4, -0.2) is 17.9 Å². The van der Waals surface area contributed by atoms with E-state index in [0.717, 1.165) is 5.56 Å². The van der Waals surface area contributed by atoms with E-state index in [2.05, 4.69) is 20.8 Å². The normalized spacial score (nSPS) is 12.5. The highest BCUT2D eigenvalue weighted by molar-refractivity contribution is 6.33. The summed E-state index contributed by atoms with van der Waals surface area (Å²) in [5.41, 5.74) is 7.86. The first-order valence-electron chi connectivity index (χ1n) is 8.00. The number of carbonyl (C=O) groups is 2.